The number of rotatable bonds is 7. The standard InChI is InChI=1S/C53H35N3O/c1-4-16-38(17-5-1)53(39-18-6-2-7-19-39,40-20-8-3-9-21-40)41-31-28-36(29-32-41)52-54-46(37-30-33-45-44-24-12-15-27-49(44)57-50(45)34-37)35-51(55-52)56-47-25-13-10-22-42(47)43-23-11-14-26-48(43)56/h1-35H. The van der Waals surface area contributed by atoms with Crippen LogP contribution in [0.2, 0.25) is 0 Å². The quantitative estimate of drug-likeness (QED) is 0.153. The SMILES string of the molecule is c1ccc(C(c2ccccc2)(c2ccccc2)c2ccc(-c3nc(-c4ccc5c(c4)oc4ccccc45)cc(-n4c5ccccc5c5ccccc54)n3)cc2)cc1. The van der Waals surface area contributed by atoms with E-state index in [2.05, 4.69) is 205 Å². The summed E-state index contributed by atoms with van der Waals surface area (Å²) in [6, 6.07) is 75.0. The number of para-hydroxylation sites is 3. The van der Waals surface area contributed by atoms with Crippen molar-refractivity contribution in [3.63, 3.8) is 0 Å². The van der Waals surface area contributed by atoms with Gasteiger partial charge in [-0.15, -0.1) is 0 Å². The molecule has 0 saturated carbocycles. The number of aromatic nitrogens is 3. The van der Waals surface area contributed by atoms with Gasteiger partial charge >= 0.3 is 0 Å². The molecule has 4 heteroatoms. The van der Waals surface area contributed by atoms with Crippen molar-refractivity contribution in [3.05, 3.63) is 235 Å². The van der Waals surface area contributed by atoms with Crippen LogP contribution in [0.5, 0.6) is 0 Å². The van der Waals surface area contributed by atoms with Crippen LogP contribution in [-0.2, 0) is 5.41 Å². The van der Waals surface area contributed by atoms with Gasteiger partial charge in [-0.05, 0) is 52.6 Å². The first-order valence-corrected chi connectivity index (χ1v) is 19.3. The largest absolute Gasteiger partial charge is 0.456 e. The number of hydrogen-bond donors (Lipinski definition) is 0. The van der Waals surface area contributed by atoms with Crippen LogP contribution in [0, 0.1) is 0 Å². The van der Waals surface area contributed by atoms with E-state index in [1.807, 2.05) is 12.1 Å². The van der Waals surface area contributed by atoms with Crippen molar-refractivity contribution in [3.8, 4) is 28.5 Å². The van der Waals surface area contributed by atoms with Crippen molar-refractivity contribution in [2.45, 2.75) is 5.41 Å². The van der Waals surface area contributed by atoms with E-state index in [-0.39, 0.29) is 0 Å². The van der Waals surface area contributed by atoms with E-state index in [0.717, 1.165) is 61.2 Å². The molecule has 0 atom stereocenters. The van der Waals surface area contributed by atoms with Gasteiger partial charge in [0.25, 0.3) is 0 Å². The molecule has 0 N–H and O–H groups in total. The molecule has 268 valence electrons. The zero-order valence-corrected chi connectivity index (χ0v) is 31.0. The number of benzene rings is 8. The minimum atomic E-state index is -0.554. The molecule has 0 amide bonds. The molecule has 11 rings (SSSR count). The molecule has 0 saturated heterocycles. The smallest absolute Gasteiger partial charge is 0.162 e. The van der Waals surface area contributed by atoms with E-state index in [0.29, 0.717) is 5.82 Å². The second-order valence-corrected chi connectivity index (χ2v) is 14.5. The van der Waals surface area contributed by atoms with Crippen LogP contribution in [0.25, 0.3) is 72.2 Å². The van der Waals surface area contributed by atoms with Crippen LogP contribution < -0.4 is 0 Å². The lowest BCUT2D eigenvalue weighted by Crippen LogP contribution is -2.30. The van der Waals surface area contributed by atoms with Gasteiger partial charge in [0, 0.05) is 38.7 Å². The Morgan fingerprint density at radius 3 is 1.44 bits per heavy atom. The molecule has 0 unspecified atom stereocenters. The highest BCUT2D eigenvalue weighted by atomic mass is 16.3. The maximum atomic E-state index is 6.35. The van der Waals surface area contributed by atoms with Gasteiger partial charge in [-0.3, -0.25) is 4.57 Å². The summed E-state index contributed by atoms with van der Waals surface area (Å²) >= 11 is 0. The zero-order valence-electron chi connectivity index (χ0n) is 31.0. The van der Waals surface area contributed by atoms with Crippen molar-refractivity contribution >= 4 is 43.7 Å². The first-order valence-electron chi connectivity index (χ1n) is 19.3. The Labute approximate surface area is 330 Å². The van der Waals surface area contributed by atoms with Gasteiger partial charge in [0.1, 0.15) is 17.0 Å². The Hall–Kier alpha value is -7.56. The fourth-order valence-corrected chi connectivity index (χ4v) is 8.81. The molecule has 11 aromatic rings. The summed E-state index contributed by atoms with van der Waals surface area (Å²) in [5, 5.41) is 4.55. The summed E-state index contributed by atoms with van der Waals surface area (Å²) in [5.74, 6) is 1.44. The van der Waals surface area contributed by atoms with Gasteiger partial charge in [0.05, 0.1) is 22.1 Å². The Kier molecular flexibility index (Phi) is 7.68. The van der Waals surface area contributed by atoms with Crippen LogP contribution in [0.1, 0.15) is 22.3 Å². The maximum absolute atomic E-state index is 6.35. The lowest BCUT2D eigenvalue weighted by molar-refractivity contribution is 0.669. The molecular weight excluding hydrogens is 695 g/mol. The Balaban J connectivity index is 1.13. The first-order chi connectivity index (χ1) is 28.3. The van der Waals surface area contributed by atoms with Crippen molar-refractivity contribution in [2.24, 2.45) is 0 Å². The molecule has 0 aliphatic rings. The molecule has 0 bridgehead atoms. The number of nitrogens with zero attached hydrogens (tertiary/aromatic N) is 3. The second-order valence-electron chi connectivity index (χ2n) is 14.5. The van der Waals surface area contributed by atoms with E-state index in [1.165, 1.54) is 27.5 Å². The van der Waals surface area contributed by atoms with Crippen molar-refractivity contribution < 1.29 is 4.42 Å². The molecule has 4 nitrogen and oxygen atoms in total. The van der Waals surface area contributed by atoms with E-state index in [1.54, 1.807) is 0 Å². The summed E-state index contributed by atoms with van der Waals surface area (Å²) in [5.41, 5.74) is 10.8. The monoisotopic (exact) mass is 729 g/mol. The van der Waals surface area contributed by atoms with E-state index in [4.69, 9.17) is 14.4 Å². The fourth-order valence-electron chi connectivity index (χ4n) is 8.81. The molecule has 0 spiro atoms. The van der Waals surface area contributed by atoms with Crippen LogP contribution in [0.4, 0.5) is 0 Å². The summed E-state index contributed by atoms with van der Waals surface area (Å²) < 4.78 is 8.62. The molecule has 8 aromatic carbocycles. The van der Waals surface area contributed by atoms with Crippen molar-refractivity contribution in [2.75, 3.05) is 0 Å². The first kappa shape index (κ1) is 32.8. The number of fused-ring (bicyclic) bond motifs is 6. The zero-order chi connectivity index (χ0) is 37.8. The summed E-state index contributed by atoms with van der Waals surface area (Å²) in [6.07, 6.45) is 0. The molecule has 3 aromatic heterocycles. The van der Waals surface area contributed by atoms with Gasteiger partial charge in [0.2, 0.25) is 0 Å². The van der Waals surface area contributed by atoms with Gasteiger partial charge < -0.3 is 4.42 Å². The van der Waals surface area contributed by atoms with Crippen molar-refractivity contribution in [1.29, 1.82) is 0 Å². The highest BCUT2D eigenvalue weighted by Gasteiger charge is 2.38. The topological polar surface area (TPSA) is 43.9 Å². The van der Waals surface area contributed by atoms with Crippen LogP contribution in [-0.4, -0.2) is 14.5 Å². The summed E-state index contributed by atoms with van der Waals surface area (Å²) in [7, 11) is 0. The summed E-state index contributed by atoms with van der Waals surface area (Å²) in [6.45, 7) is 0. The van der Waals surface area contributed by atoms with Gasteiger partial charge in [0.15, 0.2) is 5.82 Å². The maximum Gasteiger partial charge on any atom is 0.162 e. The third kappa shape index (κ3) is 5.30. The second kappa shape index (κ2) is 13.3. The lowest BCUT2D eigenvalue weighted by atomic mass is 9.65. The Morgan fingerprint density at radius 2 is 0.842 bits per heavy atom. The predicted molar refractivity (Wildman–Crippen MR) is 233 cm³/mol. The number of furan rings is 1. The van der Waals surface area contributed by atoms with Crippen LogP contribution >= 0.6 is 0 Å². The number of hydrogen-bond acceptors (Lipinski definition) is 3. The van der Waals surface area contributed by atoms with Crippen LogP contribution in [0.15, 0.2) is 217 Å². The third-order valence-electron chi connectivity index (χ3n) is 11.4. The molecule has 0 fully saturated rings. The van der Waals surface area contributed by atoms with Gasteiger partial charge in [-0.2, -0.15) is 0 Å². The lowest BCUT2D eigenvalue weighted by Gasteiger charge is -2.37. The molecule has 0 aliphatic heterocycles. The van der Waals surface area contributed by atoms with Crippen LogP contribution in [0.3, 0.4) is 0 Å². The third-order valence-corrected chi connectivity index (χ3v) is 11.4. The predicted octanol–water partition coefficient (Wildman–Crippen LogP) is 13.2. The Bertz CT molecular complexity index is 3070. The average molecular weight is 730 g/mol. The molecule has 0 aliphatic carbocycles. The molecule has 3 heterocycles. The average Bonchev–Trinajstić information content (AvgIpc) is 3.83. The minimum Gasteiger partial charge on any atom is -0.456 e. The van der Waals surface area contributed by atoms with E-state index >= 15 is 0 Å². The highest BCUT2D eigenvalue weighted by Crippen LogP contribution is 2.45. The summed E-state index contributed by atoms with van der Waals surface area (Å²) in [4.78, 5) is 10.7. The minimum absolute atomic E-state index is 0.554. The fraction of sp³-hybridized carbons (Fsp3) is 0.0189. The van der Waals surface area contributed by atoms with E-state index < -0.39 is 5.41 Å². The van der Waals surface area contributed by atoms with Crippen molar-refractivity contribution in [1.82, 2.24) is 14.5 Å². The molecule has 57 heavy (non-hydrogen) atoms. The molecular formula is C53H35N3O. The van der Waals surface area contributed by atoms with Gasteiger partial charge in [-0.25, -0.2) is 9.97 Å². The normalized spacial score (nSPS) is 11.9. The van der Waals surface area contributed by atoms with Gasteiger partial charge in [-0.1, -0.05) is 176 Å². The highest BCUT2D eigenvalue weighted by molar-refractivity contribution is 6.09. The molecule has 0 radical (unpaired) electrons. The van der Waals surface area contributed by atoms with E-state index in [9.17, 15) is 0 Å². The Morgan fingerprint density at radius 1 is 0.368 bits per heavy atom.